The molecule has 102 valence electrons. The van der Waals surface area contributed by atoms with Gasteiger partial charge in [-0.3, -0.25) is 9.59 Å². The molecule has 19 heavy (non-hydrogen) atoms. The number of benzene rings is 1. The van der Waals surface area contributed by atoms with Crippen molar-refractivity contribution in [2.24, 2.45) is 5.92 Å². The third-order valence-corrected chi connectivity index (χ3v) is 3.43. The molecule has 1 unspecified atom stereocenters. The summed E-state index contributed by atoms with van der Waals surface area (Å²) in [7, 11) is 3.02. The van der Waals surface area contributed by atoms with E-state index in [0.29, 0.717) is 36.3 Å². The number of fused-ring (bicyclic) bond motifs is 1. The van der Waals surface area contributed by atoms with Gasteiger partial charge in [-0.1, -0.05) is 0 Å². The number of carbonyl (C=O) groups is 2. The van der Waals surface area contributed by atoms with Crippen LogP contribution in [0.5, 0.6) is 11.5 Å². The molecule has 1 aliphatic rings. The van der Waals surface area contributed by atoms with Gasteiger partial charge < -0.3 is 14.6 Å². The van der Waals surface area contributed by atoms with Crippen LogP contribution < -0.4 is 9.47 Å². The molecule has 1 atom stereocenters. The van der Waals surface area contributed by atoms with Gasteiger partial charge in [-0.15, -0.1) is 0 Å². The van der Waals surface area contributed by atoms with Gasteiger partial charge in [-0.05, 0) is 37.0 Å². The Balaban J connectivity index is 2.52. The van der Waals surface area contributed by atoms with E-state index in [9.17, 15) is 9.59 Å². The standard InChI is InChI=1S/C14H16O5/c1-18-11-6-8-4-3-5-9(14(16)17)13(15)10(8)7-12(11)19-2/h6-7,9H,3-5H2,1-2H3,(H,16,17). The molecule has 0 heterocycles. The van der Waals surface area contributed by atoms with Crippen molar-refractivity contribution in [3.8, 4) is 11.5 Å². The smallest absolute Gasteiger partial charge is 0.314 e. The van der Waals surface area contributed by atoms with Gasteiger partial charge in [0.2, 0.25) is 0 Å². The molecular formula is C14H16O5. The first-order chi connectivity index (χ1) is 9.08. The van der Waals surface area contributed by atoms with Crippen LogP contribution in [-0.2, 0) is 11.2 Å². The van der Waals surface area contributed by atoms with Crippen LogP contribution in [-0.4, -0.2) is 31.1 Å². The van der Waals surface area contributed by atoms with Crippen LogP contribution in [0.1, 0.15) is 28.8 Å². The first-order valence-electron chi connectivity index (χ1n) is 6.10. The van der Waals surface area contributed by atoms with Crippen LogP contribution in [0, 0.1) is 5.92 Å². The molecule has 0 radical (unpaired) electrons. The number of aryl methyl sites for hydroxylation is 1. The summed E-state index contributed by atoms with van der Waals surface area (Å²) in [6.45, 7) is 0. The van der Waals surface area contributed by atoms with Gasteiger partial charge >= 0.3 is 5.97 Å². The van der Waals surface area contributed by atoms with E-state index in [0.717, 1.165) is 5.56 Å². The lowest BCUT2D eigenvalue weighted by Crippen LogP contribution is -2.23. The maximum absolute atomic E-state index is 12.3. The summed E-state index contributed by atoms with van der Waals surface area (Å²) in [5.41, 5.74) is 1.26. The zero-order chi connectivity index (χ0) is 14.0. The lowest BCUT2D eigenvalue weighted by Gasteiger charge is -2.13. The summed E-state index contributed by atoms with van der Waals surface area (Å²) < 4.78 is 10.4. The van der Waals surface area contributed by atoms with Crippen molar-refractivity contribution in [1.29, 1.82) is 0 Å². The molecule has 5 nitrogen and oxygen atoms in total. The average Bonchev–Trinajstić information content (AvgIpc) is 2.56. The minimum absolute atomic E-state index is 0.346. The highest BCUT2D eigenvalue weighted by molar-refractivity contribution is 6.09. The monoisotopic (exact) mass is 264 g/mol. The van der Waals surface area contributed by atoms with E-state index in [1.54, 1.807) is 12.1 Å². The SMILES string of the molecule is COc1cc2c(cc1OC)C(=O)C(C(=O)O)CCC2. The van der Waals surface area contributed by atoms with Gasteiger partial charge in [-0.25, -0.2) is 0 Å². The van der Waals surface area contributed by atoms with Gasteiger partial charge in [-0.2, -0.15) is 0 Å². The first-order valence-corrected chi connectivity index (χ1v) is 6.10. The number of carbonyl (C=O) groups excluding carboxylic acids is 1. The lowest BCUT2D eigenvalue weighted by molar-refractivity contribution is -0.140. The second-order valence-electron chi connectivity index (χ2n) is 4.51. The van der Waals surface area contributed by atoms with E-state index in [1.807, 2.05) is 0 Å². The highest BCUT2D eigenvalue weighted by atomic mass is 16.5. The third kappa shape index (κ3) is 2.41. The molecule has 1 aromatic rings. The van der Waals surface area contributed by atoms with Crippen LogP contribution in [0.25, 0.3) is 0 Å². The summed E-state index contributed by atoms with van der Waals surface area (Å²) in [5.74, 6) is -1.36. The van der Waals surface area contributed by atoms with Gasteiger partial charge in [0.15, 0.2) is 17.3 Å². The molecule has 0 fully saturated rings. The number of hydrogen-bond acceptors (Lipinski definition) is 4. The highest BCUT2D eigenvalue weighted by Gasteiger charge is 2.31. The van der Waals surface area contributed by atoms with Crippen molar-refractivity contribution in [1.82, 2.24) is 0 Å². The van der Waals surface area contributed by atoms with Crippen LogP contribution in [0.15, 0.2) is 12.1 Å². The molecular weight excluding hydrogens is 248 g/mol. The minimum atomic E-state index is -1.06. The summed E-state index contributed by atoms with van der Waals surface area (Å²) in [6.07, 6.45) is 1.71. The molecule has 0 amide bonds. The second kappa shape index (κ2) is 5.30. The average molecular weight is 264 g/mol. The maximum Gasteiger partial charge on any atom is 0.314 e. The van der Waals surface area contributed by atoms with Crippen molar-refractivity contribution in [2.75, 3.05) is 14.2 Å². The van der Waals surface area contributed by atoms with Crippen molar-refractivity contribution < 1.29 is 24.2 Å². The van der Waals surface area contributed by atoms with Crippen LogP contribution in [0.4, 0.5) is 0 Å². The van der Waals surface area contributed by atoms with Gasteiger partial charge in [0, 0.05) is 5.56 Å². The molecule has 0 saturated heterocycles. The van der Waals surface area contributed by atoms with Gasteiger partial charge in [0.05, 0.1) is 14.2 Å². The fraction of sp³-hybridized carbons (Fsp3) is 0.429. The van der Waals surface area contributed by atoms with E-state index < -0.39 is 11.9 Å². The summed E-state index contributed by atoms with van der Waals surface area (Å²) in [5, 5.41) is 9.11. The van der Waals surface area contributed by atoms with E-state index in [4.69, 9.17) is 14.6 Å². The normalized spacial score (nSPS) is 18.4. The predicted octanol–water partition coefficient (Wildman–Crippen LogP) is 1.92. The number of ether oxygens (including phenoxy) is 2. The highest BCUT2D eigenvalue weighted by Crippen LogP contribution is 2.34. The Hall–Kier alpha value is -2.04. The van der Waals surface area contributed by atoms with E-state index in [-0.39, 0.29) is 5.78 Å². The topological polar surface area (TPSA) is 72.8 Å². The molecule has 1 N–H and O–H groups in total. The van der Waals surface area contributed by atoms with Crippen molar-refractivity contribution >= 4 is 11.8 Å². The van der Waals surface area contributed by atoms with Gasteiger partial charge in [0.25, 0.3) is 0 Å². The van der Waals surface area contributed by atoms with Crippen molar-refractivity contribution in [2.45, 2.75) is 19.3 Å². The second-order valence-corrected chi connectivity index (χ2v) is 4.51. The zero-order valence-corrected chi connectivity index (χ0v) is 10.9. The number of carboxylic acid groups (broad SMARTS) is 1. The number of carboxylic acids is 1. The summed E-state index contributed by atoms with van der Waals surface area (Å²) in [6, 6.07) is 3.34. The molecule has 0 aromatic heterocycles. The fourth-order valence-corrected chi connectivity index (χ4v) is 2.41. The molecule has 2 rings (SSSR count). The molecule has 0 bridgehead atoms. The van der Waals surface area contributed by atoms with E-state index >= 15 is 0 Å². The lowest BCUT2D eigenvalue weighted by atomic mass is 9.95. The number of methoxy groups -OCH3 is 2. The Morgan fingerprint density at radius 1 is 1.26 bits per heavy atom. The van der Waals surface area contributed by atoms with Crippen LogP contribution >= 0.6 is 0 Å². The maximum atomic E-state index is 12.3. The summed E-state index contributed by atoms with van der Waals surface area (Å²) >= 11 is 0. The molecule has 0 aliphatic heterocycles. The molecule has 0 spiro atoms. The molecule has 1 aromatic carbocycles. The quantitative estimate of drug-likeness (QED) is 0.667. The number of aliphatic carboxylic acids is 1. The largest absolute Gasteiger partial charge is 0.493 e. The Morgan fingerprint density at radius 2 is 1.89 bits per heavy atom. The number of Topliss-reactive ketones (excluding diaryl/α,β-unsaturated/α-hetero) is 1. The molecule has 5 heteroatoms. The fourth-order valence-electron chi connectivity index (χ4n) is 2.41. The Bertz CT molecular complexity index is 521. The number of rotatable bonds is 3. The Morgan fingerprint density at radius 3 is 2.47 bits per heavy atom. The van der Waals surface area contributed by atoms with Crippen molar-refractivity contribution in [3.63, 3.8) is 0 Å². The summed E-state index contributed by atoms with van der Waals surface area (Å²) in [4.78, 5) is 23.4. The molecule has 0 saturated carbocycles. The predicted molar refractivity (Wildman–Crippen MR) is 67.9 cm³/mol. The number of hydrogen-bond donors (Lipinski definition) is 1. The van der Waals surface area contributed by atoms with E-state index in [1.165, 1.54) is 14.2 Å². The minimum Gasteiger partial charge on any atom is -0.493 e. The third-order valence-electron chi connectivity index (χ3n) is 3.43. The van der Waals surface area contributed by atoms with Crippen LogP contribution in [0.2, 0.25) is 0 Å². The first kappa shape index (κ1) is 13.4. The van der Waals surface area contributed by atoms with E-state index in [2.05, 4.69) is 0 Å². The van der Waals surface area contributed by atoms with Gasteiger partial charge in [0.1, 0.15) is 5.92 Å². The molecule has 1 aliphatic carbocycles. The zero-order valence-electron chi connectivity index (χ0n) is 10.9. The van der Waals surface area contributed by atoms with Crippen LogP contribution in [0.3, 0.4) is 0 Å². The Labute approximate surface area is 111 Å². The Kier molecular flexibility index (Phi) is 3.74. The van der Waals surface area contributed by atoms with Crippen molar-refractivity contribution in [3.05, 3.63) is 23.3 Å². The number of ketones is 1.